The number of nitrogens with zero attached hydrogens (tertiary/aromatic N) is 3. The number of fused-ring (bicyclic) bond motifs is 1. The molecule has 2 atom stereocenters. The van der Waals surface area contributed by atoms with Crippen LogP contribution in [0.4, 0.5) is 5.82 Å². The average Bonchev–Trinajstić information content (AvgIpc) is 3.29. The number of H-pyrrole nitrogens is 1. The molecule has 0 saturated carbocycles. The zero-order valence-electron chi connectivity index (χ0n) is 19.3. The predicted molar refractivity (Wildman–Crippen MR) is 129 cm³/mol. The summed E-state index contributed by atoms with van der Waals surface area (Å²) in [5, 5.41) is 12.0. The van der Waals surface area contributed by atoms with Crippen LogP contribution in [0.2, 0.25) is 0 Å². The molecular weight excluding hydrogens is 404 g/mol. The number of anilines is 1. The molecule has 3 heterocycles. The Morgan fingerprint density at radius 1 is 1.25 bits per heavy atom. The van der Waals surface area contributed by atoms with Gasteiger partial charge >= 0.3 is 11.1 Å². The van der Waals surface area contributed by atoms with E-state index < -0.39 is 11.1 Å². The first kappa shape index (κ1) is 22.7. The van der Waals surface area contributed by atoms with Crippen LogP contribution in [0.3, 0.4) is 0 Å². The third-order valence-electron chi connectivity index (χ3n) is 6.84. The van der Waals surface area contributed by atoms with E-state index in [1.807, 2.05) is 7.05 Å². The number of aromatic nitrogens is 2. The van der Waals surface area contributed by atoms with Crippen molar-refractivity contribution >= 4 is 11.5 Å². The number of nitrogens with one attached hydrogen (secondary N) is 3. The van der Waals surface area contributed by atoms with Gasteiger partial charge in [-0.05, 0) is 63.9 Å². The zero-order chi connectivity index (χ0) is 22.7. The average molecular weight is 441 g/mol. The third kappa shape index (κ3) is 4.96. The van der Waals surface area contributed by atoms with Gasteiger partial charge in [0.05, 0.1) is 18.4 Å². The minimum Gasteiger partial charge on any atom is -0.354 e. The molecule has 3 aliphatic rings. The summed E-state index contributed by atoms with van der Waals surface area (Å²) in [4.78, 5) is 32.6. The zero-order valence-corrected chi connectivity index (χ0v) is 19.3. The maximum atomic E-state index is 12.9. The molecule has 1 aromatic heterocycles. The van der Waals surface area contributed by atoms with E-state index >= 15 is 0 Å². The fourth-order valence-electron chi connectivity index (χ4n) is 4.97. The van der Waals surface area contributed by atoms with Crippen molar-refractivity contribution < 1.29 is 0 Å². The summed E-state index contributed by atoms with van der Waals surface area (Å²) in [5.74, 6) is 0.982. The lowest BCUT2D eigenvalue weighted by Gasteiger charge is -2.35. The Hall–Kier alpha value is -2.45. The lowest BCUT2D eigenvalue weighted by Crippen LogP contribution is -2.48. The molecule has 0 radical (unpaired) electrons. The van der Waals surface area contributed by atoms with Crippen molar-refractivity contribution in [3.63, 3.8) is 0 Å². The van der Waals surface area contributed by atoms with Crippen LogP contribution in [0.25, 0.3) is 0 Å². The van der Waals surface area contributed by atoms with E-state index in [0.29, 0.717) is 36.1 Å². The minimum absolute atomic E-state index is 0.0723. The normalized spacial score (nSPS) is 23.3. The van der Waals surface area contributed by atoms with Crippen LogP contribution in [-0.4, -0.2) is 64.5 Å². The molecule has 174 valence electrons. The molecule has 2 unspecified atom stereocenters. The van der Waals surface area contributed by atoms with Crippen molar-refractivity contribution in [2.24, 2.45) is 5.92 Å². The molecule has 4 rings (SSSR count). The molecule has 1 aliphatic carbocycles. The second kappa shape index (κ2) is 10.0. The van der Waals surface area contributed by atoms with Crippen LogP contribution in [0, 0.1) is 11.3 Å². The predicted octanol–water partition coefficient (Wildman–Crippen LogP) is 2.38. The van der Waals surface area contributed by atoms with Crippen LogP contribution < -0.4 is 16.4 Å². The number of hydrogen-bond acceptors (Lipinski definition) is 6. The molecule has 0 amide bonds. The van der Waals surface area contributed by atoms with E-state index in [0.717, 1.165) is 37.9 Å². The first-order chi connectivity index (χ1) is 15.5. The first-order valence-electron chi connectivity index (χ1n) is 12.0. The fraction of sp³-hybridized carbons (Fsp3) is 0.625. The van der Waals surface area contributed by atoms with Crippen molar-refractivity contribution in [3.8, 4) is 0 Å². The molecule has 2 aliphatic heterocycles. The minimum atomic E-state index is -0.665. The van der Waals surface area contributed by atoms with Crippen LogP contribution in [0.1, 0.15) is 51.1 Å². The van der Waals surface area contributed by atoms with Gasteiger partial charge in [-0.2, -0.15) is 0 Å². The Kier molecular flexibility index (Phi) is 7.10. The van der Waals surface area contributed by atoms with Gasteiger partial charge in [0.1, 0.15) is 11.5 Å². The van der Waals surface area contributed by atoms with Gasteiger partial charge < -0.3 is 20.6 Å². The number of unbranched alkanes of at least 4 members (excludes halogenated alkanes) is 1. The highest BCUT2D eigenvalue weighted by Crippen LogP contribution is 2.25. The summed E-state index contributed by atoms with van der Waals surface area (Å²) in [7, 11) is 2.04. The largest absolute Gasteiger partial charge is 0.354 e. The van der Waals surface area contributed by atoms with Gasteiger partial charge in [0, 0.05) is 13.0 Å². The Morgan fingerprint density at radius 3 is 2.78 bits per heavy atom. The van der Waals surface area contributed by atoms with E-state index in [2.05, 4.69) is 45.3 Å². The quantitative estimate of drug-likeness (QED) is 0.539. The monoisotopic (exact) mass is 440 g/mol. The second-order valence-corrected chi connectivity index (χ2v) is 9.39. The summed E-state index contributed by atoms with van der Waals surface area (Å²) in [6, 6.07) is 0. The van der Waals surface area contributed by atoms with Gasteiger partial charge in [-0.25, -0.2) is 0 Å². The molecular formula is C24H36N6O2. The lowest BCUT2D eigenvalue weighted by molar-refractivity contribution is 0.263. The molecule has 8 nitrogen and oxygen atoms in total. The molecule has 0 bridgehead atoms. The van der Waals surface area contributed by atoms with E-state index in [1.54, 1.807) is 0 Å². The lowest BCUT2D eigenvalue weighted by atomic mass is 9.95. The highest BCUT2D eigenvalue weighted by Gasteiger charge is 2.29. The Balaban J connectivity index is 1.59. The summed E-state index contributed by atoms with van der Waals surface area (Å²) in [6.07, 6.45) is 12.7. The maximum absolute atomic E-state index is 12.9. The molecule has 32 heavy (non-hydrogen) atoms. The SMILES string of the molecule is CCCCN(C)C1CC(=N)c2[nH]c(=O)c(=O)n(CC3=CC(CN4CCCC4)CC=C3)c2N1. The standard InChI is InChI=1S/C24H36N6O2/c1-3-4-10-28(2)20-14-19(25)21-22(26-20)30(24(32)23(31)27-21)16-18-9-7-8-17(13-18)15-29-11-5-6-12-29/h7,9,13,17,20,25-26H,3-6,8,10-12,14-16H2,1-2H3,(H,27,31). The molecule has 8 heteroatoms. The van der Waals surface area contributed by atoms with E-state index in [9.17, 15) is 9.59 Å². The van der Waals surface area contributed by atoms with Crippen molar-refractivity contribution in [2.45, 2.75) is 58.2 Å². The number of aromatic amines is 1. The van der Waals surface area contributed by atoms with E-state index in [-0.39, 0.29) is 6.17 Å². The summed E-state index contributed by atoms with van der Waals surface area (Å²) in [6.45, 7) is 6.79. The molecule has 3 N–H and O–H groups in total. The van der Waals surface area contributed by atoms with Crippen LogP contribution in [0.15, 0.2) is 33.4 Å². The van der Waals surface area contributed by atoms with E-state index in [1.165, 1.54) is 30.5 Å². The van der Waals surface area contributed by atoms with Crippen molar-refractivity contribution in [2.75, 3.05) is 38.5 Å². The van der Waals surface area contributed by atoms with E-state index in [4.69, 9.17) is 5.41 Å². The second-order valence-electron chi connectivity index (χ2n) is 9.39. The van der Waals surface area contributed by atoms with Crippen LogP contribution in [0.5, 0.6) is 0 Å². The first-order valence-corrected chi connectivity index (χ1v) is 12.0. The topological polar surface area (TPSA) is 97.2 Å². The van der Waals surface area contributed by atoms with Gasteiger partial charge in [-0.1, -0.05) is 31.6 Å². The highest BCUT2D eigenvalue weighted by atomic mass is 16.2. The Labute approximate surface area is 189 Å². The van der Waals surface area contributed by atoms with Crippen LogP contribution in [-0.2, 0) is 6.54 Å². The van der Waals surface area contributed by atoms with Gasteiger partial charge in [0.15, 0.2) is 0 Å². The van der Waals surface area contributed by atoms with Gasteiger partial charge in [0.25, 0.3) is 0 Å². The maximum Gasteiger partial charge on any atom is 0.318 e. The Morgan fingerprint density at radius 2 is 2.03 bits per heavy atom. The highest BCUT2D eigenvalue weighted by molar-refractivity contribution is 6.02. The Bertz CT molecular complexity index is 1010. The summed E-state index contributed by atoms with van der Waals surface area (Å²) >= 11 is 0. The molecule has 0 spiro atoms. The third-order valence-corrected chi connectivity index (χ3v) is 6.84. The van der Waals surface area contributed by atoms with Crippen LogP contribution >= 0.6 is 0 Å². The molecule has 1 aromatic rings. The smallest absolute Gasteiger partial charge is 0.318 e. The summed E-state index contributed by atoms with van der Waals surface area (Å²) in [5.41, 5.74) is 0.603. The number of allylic oxidation sites excluding steroid dienone is 3. The van der Waals surface area contributed by atoms with Gasteiger partial charge in [0.2, 0.25) is 0 Å². The van der Waals surface area contributed by atoms with Crippen molar-refractivity contribution in [3.05, 3.63) is 50.2 Å². The fourth-order valence-corrected chi connectivity index (χ4v) is 4.97. The number of rotatable bonds is 8. The van der Waals surface area contributed by atoms with Crippen molar-refractivity contribution in [1.82, 2.24) is 19.4 Å². The van der Waals surface area contributed by atoms with Crippen molar-refractivity contribution in [1.29, 1.82) is 5.41 Å². The molecule has 1 fully saturated rings. The van der Waals surface area contributed by atoms with Gasteiger partial charge in [-0.15, -0.1) is 0 Å². The number of likely N-dealkylation sites (tertiary alicyclic amines) is 1. The van der Waals surface area contributed by atoms with Gasteiger partial charge in [-0.3, -0.25) is 19.1 Å². The molecule has 1 saturated heterocycles. The summed E-state index contributed by atoms with van der Waals surface area (Å²) < 4.78 is 1.52. The molecule has 0 aromatic carbocycles. The number of hydrogen-bond donors (Lipinski definition) is 3.